The van der Waals surface area contributed by atoms with Crippen molar-refractivity contribution in [3.8, 4) is 22.5 Å². The van der Waals surface area contributed by atoms with Gasteiger partial charge >= 0.3 is 0 Å². The van der Waals surface area contributed by atoms with Crippen molar-refractivity contribution >= 4 is 25.7 Å². The zero-order valence-corrected chi connectivity index (χ0v) is 30.8. The second-order valence-corrected chi connectivity index (χ2v) is 12.3. The highest BCUT2D eigenvalue weighted by Gasteiger charge is 2.12. The molecule has 3 heterocycles. The maximum atomic E-state index is 13.6. The fourth-order valence-electron chi connectivity index (χ4n) is 5.71. The third kappa shape index (κ3) is 11.2. The maximum absolute atomic E-state index is 13.6. The Morgan fingerprint density at radius 2 is 1.19 bits per heavy atom. The molecule has 0 spiro atoms. The SMILES string of the molecule is C1CCOC1.CCn1nc(C)cc1-c1ccc(NC(=O)c2ccccc2F)cc1.CCn1nc(C)cc1-c1ccc(NCc2ccccc2F)cc1.[B]. The Bertz CT molecular complexity index is 2030. The van der Waals surface area contributed by atoms with Crippen LogP contribution in [0.2, 0.25) is 0 Å². The van der Waals surface area contributed by atoms with Gasteiger partial charge in [0.2, 0.25) is 0 Å². The summed E-state index contributed by atoms with van der Waals surface area (Å²) in [5.41, 5.74) is 8.55. The largest absolute Gasteiger partial charge is 0.381 e. The molecule has 0 saturated carbocycles. The summed E-state index contributed by atoms with van der Waals surface area (Å²) >= 11 is 0. The van der Waals surface area contributed by atoms with Gasteiger partial charge in [-0.15, -0.1) is 0 Å². The molecule has 2 aromatic heterocycles. The van der Waals surface area contributed by atoms with Gasteiger partial charge in [0, 0.05) is 58.2 Å². The lowest BCUT2D eigenvalue weighted by molar-refractivity contribution is 0.102. The number of rotatable bonds is 9. The molecule has 1 saturated heterocycles. The molecule has 273 valence electrons. The number of nitrogens with zero attached hydrogens (tertiary/aromatic N) is 4. The van der Waals surface area contributed by atoms with Crippen molar-refractivity contribution < 1.29 is 18.3 Å². The molecule has 1 fully saturated rings. The zero-order valence-electron chi connectivity index (χ0n) is 30.8. The van der Waals surface area contributed by atoms with E-state index in [1.165, 1.54) is 31.0 Å². The van der Waals surface area contributed by atoms with E-state index in [9.17, 15) is 13.6 Å². The van der Waals surface area contributed by atoms with Crippen molar-refractivity contribution in [2.45, 2.75) is 60.2 Å². The van der Waals surface area contributed by atoms with E-state index in [1.54, 1.807) is 36.4 Å². The first-order valence-corrected chi connectivity index (χ1v) is 17.7. The predicted molar refractivity (Wildman–Crippen MR) is 210 cm³/mol. The summed E-state index contributed by atoms with van der Waals surface area (Å²) in [5, 5.41) is 14.9. The Labute approximate surface area is 312 Å². The first-order chi connectivity index (χ1) is 25.2. The minimum Gasteiger partial charge on any atom is -0.381 e. The summed E-state index contributed by atoms with van der Waals surface area (Å²) in [5.74, 6) is -1.18. The van der Waals surface area contributed by atoms with Gasteiger partial charge in [-0.1, -0.05) is 54.6 Å². The number of hydrogen-bond acceptors (Lipinski definition) is 5. The van der Waals surface area contributed by atoms with Crippen LogP contribution in [0.15, 0.2) is 109 Å². The Hall–Kier alpha value is -5.55. The number of halogens is 2. The second-order valence-electron chi connectivity index (χ2n) is 12.3. The quantitative estimate of drug-likeness (QED) is 0.146. The average Bonchev–Trinajstić information content (AvgIpc) is 3.95. The summed E-state index contributed by atoms with van der Waals surface area (Å²) < 4.78 is 36.1. The first-order valence-electron chi connectivity index (χ1n) is 17.7. The highest BCUT2D eigenvalue weighted by molar-refractivity contribution is 6.04. The van der Waals surface area contributed by atoms with Crippen LogP contribution >= 0.6 is 0 Å². The summed E-state index contributed by atoms with van der Waals surface area (Å²) in [7, 11) is 0. The number of aryl methyl sites for hydroxylation is 4. The van der Waals surface area contributed by atoms with Crippen LogP contribution in [-0.2, 0) is 24.4 Å². The molecule has 1 aliphatic rings. The third-order valence-corrected chi connectivity index (χ3v) is 8.41. The Kier molecular flexibility index (Phi) is 15.1. The smallest absolute Gasteiger partial charge is 0.258 e. The number of aromatic nitrogens is 4. The Morgan fingerprint density at radius 1 is 0.698 bits per heavy atom. The number of anilines is 2. The van der Waals surface area contributed by atoms with Gasteiger partial charge in [0.05, 0.1) is 28.3 Å². The highest BCUT2D eigenvalue weighted by Crippen LogP contribution is 2.24. The molecule has 8 nitrogen and oxygen atoms in total. The maximum Gasteiger partial charge on any atom is 0.258 e. The number of carbonyl (C=O) groups is 1. The number of hydrogen-bond donors (Lipinski definition) is 2. The van der Waals surface area contributed by atoms with E-state index in [0.29, 0.717) is 17.8 Å². The van der Waals surface area contributed by atoms with Gasteiger partial charge in [0.1, 0.15) is 11.6 Å². The molecule has 1 aliphatic heterocycles. The molecule has 0 atom stereocenters. The van der Waals surface area contributed by atoms with Crippen molar-refractivity contribution in [3.63, 3.8) is 0 Å². The lowest BCUT2D eigenvalue weighted by Gasteiger charge is -2.09. The van der Waals surface area contributed by atoms with Crippen LogP contribution in [0.5, 0.6) is 0 Å². The molecule has 0 aliphatic carbocycles. The molecule has 6 aromatic rings. The van der Waals surface area contributed by atoms with Crippen LogP contribution in [-0.4, -0.2) is 47.1 Å². The fraction of sp³-hybridized carbons (Fsp3) is 0.262. The molecule has 3 radical (unpaired) electrons. The molecular weight excluding hydrogens is 669 g/mol. The average molecular weight is 716 g/mol. The Balaban J connectivity index is 0.000000205. The summed E-state index contributed by atoms with van der Waals surface area (Å²) in [6.45, 7) is 12.2. The van der Waals surface area contributed by atoms with Crippen molar-refractivity contribution in [3.05, 3.63) is 143 Å². The van der Waals surface area contributed by atoms with E-state index < -0.39 is 11.7 Å². The molecule has 0 unspecified atom stereocenters. The number of carbonyl (C=O) groups excluding carboxylic acids is 1. The number of ether oxygens (including phenoxy) is 1. The minimum atomic E-state index is -0.533. The van der Waals surface area contributed by atoms with Gasteiger partial charge in [0.15, 0.2) is 0 Å². The van der Waals surface area contributed by atoms with Crippen LogP contribution < -0.4 is 10.6 Å². The third-order valence-electron chi connectivity index (χ3n) is 8.41. The van der Waals surface area contributed by atoms with Gasteiger partial charge in [-0.3, -0.25) is 14.2 Å². The summed E-state index contributed by atoms with van der Waals surface area (Å²) in [6, 6.07) is 32.4. The van der Waals surface area contributed by atoms with E-state index >= 15 is 0 Å². The normalized spacial score (nSPS) is 11.7. The summed E-state index contributed by atoms with van der Waals surface area (Å²) in [4.78, 5) is 12.1. The van der Waals surface area contributed by atoms with Crippen molar-refractivity contribution in [1.29, 1.82) is 0 Å². The molecule has 2 N–H and O–H groups in total. The van der Waals surface area contributed by atoms with Gasteiger partial charge < -0.3 is 15.4 Å². The van der Waals surface area contributed by atoms with Gasteiger partial charge in [-0.05, 0) is 106 Å². The Morgan fingerprint density at radius 3 is 1.66 bits per heavy atom. The molecule has 7 rings (SSSR count). The van der Waals surface area contributed by atoms with Crippen LogP contribution in [0, 0.1) is 25.5 Å². The second kappa shape index (κ2) is 19.9. The van der Waals surface area contributed by atoms with E-state index in [0.717, 1.165) is 65.9 Å². The van der Waals surface area contributed by atoms with E-state index in [4.69, 9.17) is 4.74 Å². The molecule has 1 amide bonds. The van der Waals surface area contributed by atoms with Crippen LogP contribution in [0.25, 0.3) is 22.5 Å². The standard InChI is InChI=1S/C19H18FN3O.C19H20FN3.C4H8O.B/c1-3-23-18(12-13(2)22-23)14-8-10-15(11-9-14)21-19(24)16-6-4-5-7-17(16)20;1-3-23-19(12-14(2)22-23)15-8-10-17(11-9-15)21-13-16-6-4-5-7-18(16)20;1-2-4-5-3-1;/h4-12H,3H2,1-2H3,(H,21,24);4-12,21H,3,13H2,1-2H3;1-4H2;. The monoisotopic (exact) mass is 715 g/mol. The molecule has 4 aromatic carbocycles. The van der Waals surface area contributed by atoms with Crippen molar-refractivity contribution in [2.24, 2.45) is 0 Å². The van der Waals surface area contributed by atoms with Crippen LogP contribution in [0.1, 0.15) is 54.0 Å². The predicted octanol–water partition coefficient (Wildman–Crippen LogP) is 9.32. The van der Waals surface area contributed by atoms with Crippen LogP contribution in [0.4, 0.5) is 20.2 Å². The topological polar surface area (TPSA) is 86.0 Å². The molecule has 53 heavy (non-hydrogen) atoms. The molecular formula is C42H46BF2N6O2. The van der Waals surface area contributed by atoms with Crippen molar-refractivity contribution in [1.82, 2.24) is 19.6 Å². The van der Waals surface area contributed by atoms with Gasteiger partial charge in [0.25, 0.3) is 5.91 Å². The highest BCUT2D eigenvalue weighted by atomic mass is 19.1. The lowest BCUT2D eigenvalue weighted by Crippen LogP contribution is -2.13. The van der Waals surface area contributed by atoms with E-state index in [1.807, 2.05) is 66.5 Å². The number of nitrogens with one attached hydrogen (secondary N) is 2. The van der Waals surface area contributed by atoms with E-state index in [-0.39, 0.29) is 19.8 Å². The van der Waals surface area contributed by atoms with E-state index in [2.05, 4.69) is 46.0 Å². The fourth-order valence-corrected chi connectivity index (χ4v) is 5.71. The minimum absolute atomic E-state index is 0. The van der Waals surface area contributed by atoms with Gasteiger partial charge in [-0.25, -0.2) is 8.78 Å². The van der Waals surface area contributed by atoms with Crippen molar-refractivity contribution in [2.75, 3.05) is 23.8 Å². The van der Waals surface area contributed by atoms with Crippen LogP contribution in [0.3, 0.4) is 0 Å². The number of benzene rings is 4. The number of amides is 1. The first kappa shape index (κ1) is 40.2. The van der Waals surface area contributed by atoms with Gasteiger partial charge in [-0.2, -0.15) is 10.2 Å². The zero-order chi connectivity index (χ0) is 36.9. The molecule has 0 bridgehead atoms. The lowest BCUT2D eigenvalue weighted by atomic mass is 10.1. The molecule has 11 heteroatoms. The summed E-state index contributed by atoms with van der Waals surface area (Å²) in [6.07, 6.45) is 2.56.